The van der Waals surface area contributed by atoms with E-state index in [1.54, 1.807) is 0 Å². The smallest absolute Gasteiger partial charge is 0.373 e. The average molecular weight is 257 g/mol. The molecule has 0 atom stereocenters. The molecule has 0 unspecified atom stereocenters. The van der Waals surface area contributed by atoms with Crippen molar-refractivity contribution in [2.45, 2.75) is 6.92 Å². The average Bonchev–Trinajstić information content (AvgIpc) is 2.58. The van der Waals surface area contributed by atoms with Crippen molar-refractivity contribution in [3.8, 4) is 11.5 Å². The number of hydrogen-bond donors (Lipinski definition) is 1. The first-order chi connectivity index (χ1) is 8.40. The summed E-state index contributed by atoms with van der Waals surface area (Å²) in [5, 5.41) is 8.73. The quantitative estimate of drug-likeness (QED) is 0.898. The van der Waals surface area contributed by atoms with Crippen molar-refractivity contribution in [1.29, 1.82) is 0 Å². The summed E-state index contributed by atoms with van der Waals surface area (Å²) in [6, 6.07) is 0.913. The number of aryl methyl sites for hydroxylation is 1. The second-order valence-electron chi connectivity index (χ2n) is 3.48. The second-order valence-corrected chi connectivity index (χ2v) is 3.48. The molecule has 0 bridgehead atoms. The molecule has 0 aliphatic carbocycles. The number of aromatic carboxylic acids is 1. The number of benzene rings is 1. The molecule has 0 saturated heterocycles. The van der Waals surface area contributed by atoms with Crippen molar-refractivity contribution in [3.05, 3.63) is 41.0 Å². The minimum absolute atomic E-state index is 0.0272. The van der Waals surface area contributed by atoms with Gasteiger partial charge in [0, 0.05) is 12.1 Å². The monoisotopic (exact) mass is 257 g/mol. The highest BCUT2D eigenvalue weighted by molar-refractivity contribution is 5.86. The predicted molar refractivity (Wildman–Crippen MR) is 53.5 cm³/mol. The van der Waals surface area contributed by atoms with Crippen molar-refractivity contribution in [2.75, 3.05) is 0 Å². The summed E-state index contributed by atoms with van der Waals surface area (Å²) in [5.74, 6) is -5.99. The molecule has 4 nitrogen and oxygen atoms in total. The number of oxazole rings is 1. The van der Waals surface area contributed by atoms with Crippen molar-refractivity contribution in [3.63, 3.8) is 0 Å². The first-order valence-corrected chi connectivity index (χ1v) is 4.75. The molecule has 18 heavy (non-hydrogen) atoms. The zero-order chi connectivity index (χ0) is 13.4. The summed E-state index contributed by atoms with van der Waals surface area (Å²) in [4.78, 5) is 14.3. The Labute approximate surface area is 98.7 Å². The Morgan fingerprint density at radius 2 is 1.83 bits per heavy atom. The summed E-state index contributed by atoms with van der Waals surface area (Å²) >= 11 is 0. The molecule has 1 aromatic heterocycles. The topological polar surface area (TPSA) is 63.3 Å². The molecule has 94 valence electrons. The molecule has 0 saturated carbocycles. The zero-order valence-electron chi connectivity index (χ0n) is 9.00. The summed E-state index contributed by atoms with van der Waals surface area (Å²) in [6.45, 7) is 1.32. The van der Waals surface area contributed by atoms with Crippen LogP contribution in [0.2, 0.25) is 0 Å². The Bertz CT molecular complexity index is 613. The lowest BCUT2D eigenvalue weighted by Crippen LogP contribution is -1.95. The van der Waals surface area contributed by atoms with E-state index in [1.165, 1.54) is 6.92 Å². The molecule has 0 radical (unpaired) electrons. The molecular weight excluding hydrogens is 251 g/mol. The molecule has 1 N–H and O–H groups in total. The largest absolute Gasteiger partial charge is 0.475 e. The van der Waals surface area contributed by atoms with E-state index in [9.17, 15) is 18.0 Å². The van der Waals surface area contributed by atoms with Gasteiger partial charge in [0.1, 0.15) is 23.0 Å². The zero-order valence-corrected chi connectivity index (χ0v) is 9.00. The van der Waals surface area contributed by atoms with E-state index in [0.717, 1.165) is 0 Å². The van der Waals surface area contributed by atoms with Crippen LogP contribution in [0.4, 0.5) is 13.2 Å². The van der Waals surface area contributed by atoms with Crippen LogP contribution in [0.1, 0.15) is 16.2 Å². The molecule has 1 aromatic carbocycles. The van der Waals surface area contributed by atoms with Gasteiger partial charge in [-0.05, 0) is 6.92 Å². The minimum Gasteiger partial charge on any atom is -0.475 e. The number of nitrogens with zero attached hydrogens (tertiary/aromatic N) is 1. The number of aromatic nitrogens is 1. The molecule has 0 aliphatic rings. The van der Waals surface area contributed by atoms with Gasteiger partial charge in [-0.15, -0.1) is 0 Å². The Morgan fingerprint density at radius 1 is 1.28 bits per heavy atom. The van der Waals surface area contributed by atoms with Crippen LogP contribution in [0.5, 0.6) is 0 Å². The molecule has 0 aliphatic heterocycles. The Balaban J connectivity index is 2.63. The van der Waals surface area contributed by atoms with Crippen LogP contribution in [0, 0.1) is 24.4 Å². The Morgan fingerprint density at radius 3 is 2.28 bits per heavy atom. The first-order valence-electron chi connectivity index (χ1n) is 4.75. The van der Waals surface area contributed by atoms with Crippen LogP contribution >= 0.6 is 0 Å². The van der Waals surface area contributed by atoms with E-state index in [2.05, 4.69) is 4.98 Å². The molecule has 7 heteroatoms. The molecule has 1 heterocycles. The van der Waals surface area contributed by atoms with Crippen LogP contribution in [0.15, 0.2) is 16.5 Å². The van der Waals surface area contributed by atoms with Gasteiger partial charge >= 0.3 is 5.97 Å². The number of carbonyl (C=O) groups is 1. The van der Waals surface area contributed by atoms with E-state index in [-0.39, 0.29) is 5.69 Å². The van der Waals surface area contributed by atoms with Crippen molar-refractivity contribution < 1.29 is 27.5 Å². The molecule has 0 fully saturated rings. The third-order valence-corrected chi connectivity index (χ3v) is 2.21. The normalized spacial score (nSPS) is 10.7. The Kier molecular flexibility index (Phi) is 2.82. The lowest BCUT2D eigenvalue weighted by Gasteiger charge is -2.00. The summed E-state index contributed by atoms with van der Waals surface area (Å²) in [5.41, 5.74) is -0.729. The SMILES string of the molecule is Cc1nc(-c2c(F)cc(F)cc2F)oc1C(=O)O. The van der Waals surface area contributed by atoms with E-state index in [0.29, 0.717) is 12.1 Å². The van der Waals surface area contributed by atoms with Crippen molar-refractivity contribution >= 4 is 5.97 Å². The lowest BCUT2D eigenvalue weighted by atomic mass is 10.2. The summed E-state index contributed by atoms with van der Waals surface area (Å²) in [6.07, 6.45) is 0. The minimum atomic E-state index is -1.41. The maximum atomic E-state index is 13.4. The van der Waals surface area contributed by atoms with Crippen LogP contribution in [-0.2, 0) is 0 Å². The third-order valence-electron chi connectivity index (χ3n) is 2.21. The van der Waals surface area contributed by atoms with Gasteiger partial charge in [-0.2, -0.15) is 0 Å². The van der Waals surface area contributed by atoms with Gasteiger partial charge in [0.05, 0.1) is 5.69 Å². The van der Waals surface area contributed by atoms with Gasteiger partial charge in [-0.3, -0.25) is 0 Å². The molecule has 0 amide bonds. The molecule has 2 aromatic rings. The first kappa shape index (κ1) is 12.2. The fourth-order valence-corrected chi connectivity index (χ4v) is 1.45. The maximum absolute atomic E-state index is 13.4. The van der Waals surface area contributed by atoms with E-state index >= 15 is 0 Å². The van der Waals surface area contributed by atoms with Gasteiger partial charge in [-0.1, -0.05) is 0 Å². The van der Waals surface area contributed by atoms with E-state index in [4.69, 9.17) is 9.52 Å². The van der Waals surface area contributed by atoms with Crippen LogP contribution in [0.25, 0.3) is 11.5 Å². The number of halogens is 3. The van der Waals surface area contributed by atoms with Gasteiger partial charge in [0.15, 0.2) is 0 Å². The van der Waals surface area contributed by atoms with Gasteiger partial charge in [-0.25, -0.2) is 22.9 Å². The number of hydrogen-bond acceptors (Lipinski definition) is 3. The third kappa shape index (κ3) is 1.94. The summed E-state index contributed by atoms with van der Waals surface area (Å²) in [7, 11) is 0. The van der Waals surface area contributed by atoms with E-state index < -0.39 is 40.6 Å². The van der Waals surface area contributed by atoms with Crippen LogP contribution in [-0.4, -0.2) is 16.1 Å². The highest BCUT2D eigenvalue weighted by atomic mass is 19.1. The lowest BCUT2D eigenvalue weighted by molar-refractivity contribution is 0.0662. The number of rotatable bonds is 2. The highest BCUT2D eigenvalue weighted by Crippen LogP contribution is 2.28. The fraction of sp³-hybridized carbons (Fsp3) is 0.0909. The highest BCUT2D eigenvalue weighted by Gasteiger charge is 2.22. The standard InChI is InChI=1S/C11H6F3NO3/c1-4-9(11(16)17)18-10(15-4)8-6(13)2-5(12)3-7(8)14/h2-3H,1H3,(H,16,17). The van der Waals surface area contributed by atoms with Gasteiger partial charge in [0.2, 0.25) is 11.7 Å². The number of carboxylic acid groups (broad SMARTS) is 1. The van der Waals surface area contributed by atoms with Crippen LogP contribution < -0.4 is 0 Å². The molecular formula is C11H6F3NO3. The predicted octanol–water partition coefficient (Wildman–Crippen LogP) is 2.77. The van der Waals surface area contributed by atoms with Crippen molar-refractivity contribution in [2.24, 2.45) is 0 Å². The van der Waals surface area contributed by atoms with Gasteiger partial charge < -0.3 is 9.52 Å². The molecule has 0 spiro atoms. The Hall–Kier alpha value is -2.31. The molecule has 2 rings (SSSR count). The summed E-state index contributed by atoms with van der Waals surface area (Å²) < 4.78 is 44.3. The second kappa shape index (κ2) is 4.17. The number of carboxylic acids is 1. The van der Waals surface area contributed by atoms with Crippen molar-refractivity contribution in [1.82, 2.24) is 4.98 Å². The maximum Gasteiger partial charge on any atom is 0.373 e. The van der Waals surface area contributed by atoms with Gasteiger partial charge in [0.25, 0.3) is 0 Å². The fourth-order valence-electron chi connectivity index (χ4n) is 1.45. The van der Waals surface area contributed by atoms with Crippen LogP contribution in [0.3, 0.4) is 0 Å². The van der Waals surface area contributed by atoms with E-state index in [1.807, 2.05) is 0 Å².